The van der Waals surface area contributed by atoms with Gasteiger partial charge in [0.25, 0.3) is 5.91 Å². The number of rotatable bonds is 7. The van der Waals surface area contributed by atoms with Crippen LogP contribution in [0.5, 0.6) is 0 Å². The Morgan fingerprint density at radius 2 is 2.04 bits per heavy atom. The summed E-state index contributed by atoms with van der Waals surface area (Å²) in [7, 11) is -4.78. The number of alkyl halides is 2. The summed E-state index contributed by atoms with van der Waals surface area (Å²) in [5.74, 6) is -4.20. The van der Waals surface area contributed by atoms with E-state index in [1.165, 1.54) is 5.38 Å². The second kappa shape index (κ2) is 8.17. The maximum atomic E-state index is 12.6. The summed E-state index contributed by atoms with van der Waals surface area (Å²) < 4.78 is 49.3. The first kappa shape index (κ1) is 19.0. The molecule has 130 valence electrons. The van der Waals surface area contributed by atoms with Crippen LogP contribution in [0.1, 0.15) is 21.7 Å². The summed E-state index contributed by atoms with van der Waals surface area (Å²) in [6.45, 7) is 0.317. The number of hydrogen-bond donors (Lipinski definition) is 1. The molecule has 0 aliphatic heterocycles. The van der Waals surface area contributed by atoms with Crippen molar-refractivity contribution in [2.75, 3.05) is 6.54 Å². The van der Waals surface area contributed by atoms with E-state index in [1.807, 2.05) is 24.3 Å². The topological polar surface area (TPSA) is 63.2 Å². The molecule has 1 aromatic heterocycles. The summed E-state index contributed by atoms with van der Waals surface area (Å²) in [5.41, 5.74) is 1.09. The van der Waals surface area contributed by atoms with E-state index in [0.29, 0.717) is 13.0 Å². The van der Waals surface area contributed by atoms with Crippen LogP contribution in [0.3, 0.4) is 0 Å². The minimum atomic E-state index is -4.78. The monoisotopic (exact) mass is 437 g/mol. The van der Waals surface area contributed by atoms with Gasteiger partial charge >= 0.3 is 5.76 Å². The Kier molecular flexibility index (Phi) is 6.47. The number of nitrogens with one attached hydrogen (secondary N) is 1. The number of sulfone groups is 1. The van der Waals surface area contributed by atoms with Gasteiger partial charge in [-0.3, -0.25) is 4.79 Å². The second-order valence-corrected chi connectivity index (χ2v) is 8.63. The van der Waals surface area contributed by atoms with Crippen molar-refractivity contribution in [1.82, 2.24) is 5.32 Å². The first-order valence-corrected chi connectivity index (χ1v) is 10.2. The summed E-state index contributed by atoms with van der Waals surface area (Å²) >= 11 is 4.20. The Morgan fingerprint density at radius 1 is 1.29 bits per heavy atom. The second-order valence-electron chi connectivity index (χ2n) is 4.91. The fourth-order valence-corrected chi connectivity index (χ4v) is 4.58. The van der Waals surface area contributed by atoms with E-state index < -0.39 is 26.4 Å². The average molecular weight is 438 g/mol. The van der Waals surface area contributed by atoms with Crippen LogP contribution in [-0.2, 0) is 16.3 Å². The lowest BCUT2D eigenvalue weighted by molar-refractivity contribution is 0.0954. The minimum absolute atomic E-state index is 0.210. The number of thiophene rings is 1. The van der Waals surface area contributed by atoms with Gasteiger partial charge in [-0.2, -0.15) is 8.78 Å². The van der Waals surface area contributed by atoms with Gasteiger partial charge in [0.2, 0.25) is 9.84 Å². The third-order valence-electron chi connectivity index (χ3n) is 3.19. The zero-order chi connectivity index (χ0) is 17.7. The number of benzene rings is 1. The molecule has 2 rings (SSSR count). The fraction of sp³-hybridized carbons (Fsp3) is 0.267. The smallest absolute Gasteiger partial charge is 0.341 e. The minimum Gasteiger partial charge on any atom is -0.351 e. The molecule has 2 aromatic rings. The van der Waals surface area contributed by atoms with Gasteiger partial charge in [-0.05, 0) is 42.0 Å². The van der Waals surface area contributed by atoms with E-state index in [4.69, 9.17) is 0 Å². The molecule has 0 bridgehead atoms. The Morgan fingerprint density at radius 3 is 2.71 bits per heavy atom. The Balaban J connectivity index is 1.93. The van der Waals surface area contributed by atoms with E-state index in [-0.39, 0.29) is 4.88 Å². The van der Waals surface area contributed by atoms with Gasteiger partial charge in [0, 0.05) is 11.0 Å². The Labute approximate surface area is 150 Å². The van der Waals surface area contributed by atoms with Crippen LogP contribution < -0.4 is 5.32 Å². The lowest BCUT2D eigenvalue weighted by Crippen LogP contribution is -2.26. The standard InChI is InChI=1S/C15H14BrF2NO3S2/c16-11-5-1-3-10(9-11)4-2-7-19-14(20)13-12(6-8-23-13)24(21,22)15(17)18/h1,3,5-6,8-9,15H,2,4,7H2,(H,19,20). The predicted octanol–water partition coefficient (Wildman–Crippen LogP) is 3.87. The highest BCUT2D eigenvalue weighted by atomic mass is 79.9. The highest BCUT2D eigenvalue weighted by Gasteiger charge is 2.31. The predicted molar refractivity (Wildman–Crippen MR) is 92.3 cm³/mol. The van der Waals surface area contributed by atoms with Gasteiger partial charge < -0.3 is 5.32 Å². The number of aryl methyl sites for hydroxylation is 1. The molecule has 0 saturated carbocycles. The van der Waals surface area contributed by atoms with Crippen LogP contribution in [0.2, 0.25) is 0 Å². The Hall–Kier alpha value is -1.32. The molecule has 4 nitrogen and oxygen atoms in total. The lowest BCUT2D eigenvalue weighted by atomic mass is 10.1. The van der Waals surface area contributed by atoms with E-state index >= 15 is 0 Å². The molecule has 9 heteroatoms. The summed E-state index contributed by atoms with van der Waals surface area (Å²) in [5, 5.41) is 3.88. The van der Waals surface area contributed by atoms with E-state index in [2.05, 4.69) is 21.2 Å². The molecular weight excluding hydrogens is 424 g/mol. The lowest BCUT2D eigenvalue weighted by Gasteiger charge is -2.07. The molecule has 24 heavy (non-hydrogen) atoms. The van der Waals surface area contributed by atoms with Crippen LogP contribution >= 0.6 is 27.3 Å². The van der Waals surface area contributed by atoms with Crippen molar-refractivity contribution in [3.8, 4) is 0 Å². The van der Waals surface area contributed by atoms with Gasteiger partial charge in [0.1, 0.15) is 4.88 Å². The van der Waals surface area contributed by atoms with E-state index in [0.717, 1.165) is 33.9 Å². The number of hydrogen-bond acceptors (Lipinski definition) is 4. The Bertz CT molecular complexity index is 822. The molecule has 0 fully saturated rings. The molecule has 0 aliphatic rings. The molecule has 1 amide bonds. The van der Waals surface area contributed by atoms with Crippen molar-refractivity contribution in [3.63, 3.8) is 0 Å². The SMILES string of the molecule is O=C(NCCCc1cccc(Br)c1)c1sccc1S(=O)(=O)C(F)F. The van der Waals surface area contributed by atoms with Crippen LogP contribution in [0.15, 0.2) is 45.1 Å². The largest absolute Gasteiger partial charge is 0.351 e. The molecule has 0 atom stereocenters. The molecule has 1 aromatic carbocycles. The molecule has 0 radical (unpaired) electrons. The molecule has 0 saturated heterocycles. The van der Waals surface area contributed by atoms with E-state index in [9.17, 15) is 22.0 Å². The molecule has 1 N–H and O–H groups in total. The maximum Gasteiger partial charge on any atom is 0.341 e. The first-order chi connectivity index (χ1) is 11.3. The van der Waals surface area contributed by atoms with Crippen LogP contribution in [0.4, 0.5) is 8.78 Å². The van der Waals surface area contributed by atoms with Crippen molar-refractivity contribution in [2.45, 2.75) is 23.5 Å². The van der Waals surface area contributed by atoms with Crippen LogP contribution in [-0.4, -0.2) is 26.6 Å². The maximum absolute atomic E-state index is 12.6. The fourth-order valence-electron chi connectivity index (χ4n) is 2.05. The normalized spacial score (nSPS) is 11.7. The summed E-state index contributed by atoms with van der Waals surface area (Å²) in [6, 6.07) is 8.77. The molecule has 0 aliphatic carbocycles. The van der Waals surface area contributed by atoms with Crippen molar-refractivity contribution >= 4 is 43.0 Å². The van der Waals surface area contributed by atoms with Gasteiger partial charge in [0.15, 0.2) is 0 Å². The van der Waals surface area contributed by atoms with Gasteiger partial charge in [0.05, 0.1) is 4.90 Å². The summed E-state index contributed by atoms with van der Waals surface area (Å²) in [6.07, 6.45) is 1.37. The first-order valence-electron chi connectivity index (χ1n) is 6.94. The molecule has 1 heterocycles. The molecule has 0 spiro atoms. The highest BCUT2D eigenvalue weighted by Crippen LogP contribution is 2.26. The van der Waals surface area contributed by atoms with Gasteiger partial charge in [-0.25, -0.2) is 8.42 Å². The van der Waals surface area contributed by atoms with Crippen molar-refractivity contribution in [3.05, 3.63) is 50.6 Å². The zero-order valence-corrected chi connectivity index (χ0v) is 15.6. The third-order valence-corrected chi connectivity index (χ3v) is 6.15. The van der Waals surface area contributed by atoms with Crippen molar-refractivity contribution < 1.29 is 22.0 Å². The zero-order valence-electron chi connectivity index (χ0n) is 12.3. The molecular formula is C15H14BrF2NO3S2. The van der Waals surface area contributed by atoms with Crippen LogP contribution in [0, 0.1) is 0 Å². The quantitative estimate of drug-likeness (QED) is 0.668. The van der Waals surface area contributed by atoms with Gasteiger partial charge in [-0.1, -0.05) is 28.1 Å². The average Bonchev–Trinajstić information content (AvgIpc) is 3.01. The summed E-state index contributed by atoms with van der Waals surface area (Å²) in [4.78, 5) is 11.2. The van der Waals surface area contributed by atoms with Crippen molar-refractivity contribution in [2.24, 2.45) is 0 Å². The highest BCUT2D eigenvalue weighted by molar-refractivity contribution is 9.10. The number of amides is 1. The van der Waals surface area contributed by atoms with Crippen LogP contribution in [0.25, 0.3) is 0 Å². The molecule has 0 unspecified atom stereocenters. The third kappa shape index (κ3) is 4.61. The van der Waals surface area contributed by atoms with Crippen molar-refractivity contribution in [1.29, 1.82) is 0 Å². The number of carbonyl (C=O) groups is 1. The number of halogens is 3. The number of carbonyl (C=O) groups excluding carboxylic acids is 1. The van der Waals surface area contributed by atoms with E-state index in [1.54, 1.807) is 0 Å². The van der Waals surface area contributed by atoms with Gasteiger partial charge in [-0.15, -0.1) is 11.3 Å².